The van der Waals surface area contributed by atoms with E-state index in [-0.39, 0.29) is 6.10 Å². The molecule has 2 aromatic rings. The third-order valence-electron chi connectivity index (χ3n) is 2.58. The average molecular weight is 264 g/mol. The molecule has 0 radical (unpaired) electrons. The van der Waals surface area contributed by atoms with Crippen molar-refractivity contribution in [3.63, 3.8) is 0 Å². The zero-order valence-electron chi connectivity index (χ0n) is 10.0. The second-order valence-corrected chi connectivity index (χ2v) is 6.42. The Morgan fingerprint density at radius 2 is 1.94 bits per heavy atom. The van der Waals surface area contributed by atoms with Crippen molar-refractivity contribution in [1.82, 2.24) is 0 Å². The van der Waals surface area contributed by atoms with Crippen molar-refractivity contribution >= 4 is 23.1 Å². The van der Waals surface area contributed by atoms with Gasteiger partial charge in [0.2, 0.25) is 0 Å². The van der Waals surface area contributed by atoms with Gasteiger partial charge in [-0.2, -0.15) is 0 Å². The summed E-state index contributed by atoms with van der Waals surface area (Å²) in [4.78, 5) is 3.56. The Bertz CT molecular complexity index is 490. The van der Waals surface area contributed by atoms with Gasteiger partial charge in [-0.1, -0.05) is 18.2 Å². The fourth-order valence-electron chi connectivity index (χ4n) is 1.60. The first-order valence-corrected chi connectivity index (χ1v) is 7.40. The fraction of sp³-hybridized carbons (Fsp3) is 0.286. The van der Waals surface area contributed by atoms with Gasteiger partial charge in [0.1, 0.15) is 0 Å². The zero-order chi connectivity index (χ0) is 12.3. The molecule has 1 aromatic heterocycles. The second-order valence-electron chi connectivity index (χ2n) is 4.04. The van der Waals surface area contributed by atoms with Crippen LogP contribution in [-0.4, -0.2) is 10.9 Å². The van der Waals surface area contributed by atoms with Crippen LogP contribution in [0.3, 0.4) is 0 Å². The molecule has 0 spiro atoms. The molecule has 1 unspecified atom stereocenters. The van der Waals surface area contributed by atoms with Crippen LogP contribution in [0.2, 0.25) is 0 Å². The van der Waals surface area contributed by atoms with Gasteiger partial charge in [-0.3, -0.25) is 0 Å². The molecule has 0 amide bonds. The van der Waals surface area contributed by atoms with Gasteiger partial charge in [-0.15, -0.1) is 23.1 Å². The Labute approximate surface area is 111 Å². The number of hydrogen-bond donors (Lipinski definition) is 1. The van der Waals surface area contributed by atoms with E-state index in [1.807, 2.05) is 18.2 Å². The third kappa shape index (κ3) is 3.35. The molecular formula is C14H16OS2. The first kappa shape index (κ1) is 12.7. The van der Waals surface area contributed by atoms with Crippen LogP contribution in [0, 0.1) is 13.8 Å². The van der Waals surface area contributed by atoms with Crippen LogP contribution in [0.15, 0.2) is 41.3 Å². The van der Waals surface area contributed by atoms with Crippen LogP contribution >= 0.6 is 23.1 Å². The van der Waals surface area contributed by atoms with Crippen LogP contribution < -0.4 is 0 Å². The van der Waals surface area contributed by atoms with Gasteiger partial charge in [0.25, 0.3) is 0 Å². The van der Waals surface area contributed by atoms with Crippen molar-refractivity contribution in [2.24, 2.45) is 0 Å². The zero-order valence-corrected chi connectivity index (χ0v) is 11.6. The van der Waals surface area contributed by atoms with E-state index in [4.69, 9.17) is 0 Å². The van der Waals surface area contributed by atoms with E-state index < -0.39 is 0 Å². The first-order valence-electron chi connectivity index (χ1n) is 5.59. The lowest BCUT2D eigenvalue weighted by atomic mass is 10.2. The molecule has 90 valence electrons. The first-order chi connectivity index (χ1) is 8.16. The molecule has 1 aromatic carbocycles. The van der Waals surface area contributed by atoms with Crippen molar-refractivity contribution in [3.05, 3.63) is 51.7 Å². The van der Waals surface area contributed by atoms with Crippen LogP contribution in [0.1, 0.15) is 21.4 Å². The lowest BCUT2D eigenvalue weighted by Crippen LogP contribution is -1.97. The molecule has 1 heterocycles. The molecule has 1 N–H and O–H groups in total. The highest BCUT2D eigenvalue weighted by molar-refractivity contribution is 7.99. The molecule has 0 saturated heterocycles. The predicted octanol–water partition coefficient (Wildman–Crippen LogP) is 4.19. The summed E-state index contributed by atoms with van der Waals surface area (Å²) < 4.78 is 0. The Balaban J connectivity index is 1.97. The minimum atomic E-state index is -0.363. The number of rotatable bonds is 4. The van der Waals surface area contributed by atoms with E-state index in [0.29, 0.717) is 5.75 Å². The SMILES string of the molecule is Cc1ccc(C(O)CSc2ccccc2C)s1. The van der Waals surface area contributed by atoms with Crippen molar-refractivity contribution in [2.45, 2.75) is 24.8 Å². The maximum Gasteiger partial charge on any atom is 0.0975 e. The molecule has 3 heteroatoms. The molecule has 2 rings (SSSR count). The molecule has 0 bridgehead atoms. The van der Waals surface area contributed by atoms with Gasteiger partial charge in [0, 0.05) is 20.4 Å². The van der Waals surface area contributed by atoms with E-state index >= 15 is 0 Å². The molecule has 0 aliphatic heterocycles. The number of aliphatic hydroxyl groups is 1. The molecule has 1 atom stereocenters. The van der Waals surface area contributed by atoms with E-state index in [1.54, 1.807) is 23.1 Å². The van der Waals surface area contributed by atoms with Crippen molar-refractivity contribution < 1.29 is 5.11 Å². The summed E-state index contributed by atoms with van der Waals surface area (Å²) in [5, 5.41) is 10.1. The summed E-state index contributed by atoms with van der Waals surface area (Å²) in [6.07, 6.45) is -0.363. The summed E-state index contributed by atoms with van der Waals surface area (Å²) in [6.45, 7) is 4.17. The number of thiophene rings is 1. The number of thioether (sulfide) groups is 1. The van der Waals surface area contributed by atoms with E-state index in [9.17, 15) is 5.11 Å². The predicted molar refractivity (Wildman–Crippen MR) is 75.9 cm³/mol. The lowest BCUT2D eigenvalue weighted by molar-refractivity contribution is 0.208. The van der Waals surface area contributed by atoms with Crippen LogP contribution in [0.25, 0.3) is 0 Å². The summed E-state index contributed by atoms with van der Waals surface area (Å²) >= 11 is 3.39. The third-order valence-corrected chi connectivity index (χ3v) is 4.93. The molecule has 0 saturated carbocycles. The Hall–Kier alpha value is -0.770. The second kappa shape index (κ2) is 5.71. The maximum absolute atomic E-state index is 10.1. The molecule has 17 heavy (non-hydrogen) atoms. The van der Waals surface area contributed by atoms with Gasteiger partial charge in [-0.25, -0.2) is 0 Å². The van der Waals surface area contributed by atoms with E-state index in [0.717, 1.165) is 4.88 Å². The number of aliphatic hydroxyl groups excluding tert-OH is 1. The lowest BCUT2D eigenvalue weighted by Gasteiger charge is -2.09. The van der Waals surface area contributed by atoms with E-state index in [1.165, 1.54) is 15.3 Å². The van der Waals surface area contributed by atoms with Crippen LogP contribution in [0.5, 0.6) is 0 Å². The normalized spacial score (nSPS) is 12.6. The maximum atomic E-state index is 10.1. The topological polar surface area (TPSA) is 20.2 Å². The van der Waals surface area contributed by atoms with Gasteiger partial charge in [0.05, 0.1) is 6.10 Å². The number of aryl methyl sites for hydroxylation is 2. The largest absolute Gasteiger partial charge is 0.387 e. The molecule has 0 fully saturated rings. The Morgan fingerprint density at radius 1 is 1.18 bits per heavy atom. The van der Waals surface area contributed by atoms with Crippen LogP contribution in [-0.2, 0) is 0 Å². The Morgan fingerprint density at radius 3 is 2.59 bits per heavy atom. The smallest absolute Gasteiger partial charge is 0.0975 e. The van der Waals surface area contributed by atoms with E-state index in [2.05, 4.69) is 32.0 Å². The number of hydrogen-bond acceptors (Lipinski definition) is 3. The highest BCUT2D eigenvalue weighted by Crippen LogP contribution is 2.29. The molecule has 0 aliphatic carbocycles. The van der Waals surface area contributed by atoms with Crippen molar-refractivity contribution in [1.29, 1.82) is 0 Å². The molecular weight excluding hydrogens is 248 g/mol. The molecule has 1 nitrogen and oxygen atoms in total. The minimum Gasteiger partial charge on any atom is -0.387 e. The summed E-state index contributed by atoms with van der Waals surface area (Å²) in [7, 11) is 0. The van der Waals surface area contributed by atoms with Crippen molar-refractivity contribution in [2.75, 3.05) is 5.75 Å². The monoisotopic (exact) mass is 264 g/mol. The highest BCUT2D eigenvalue weighted by atomic mass is 32.2. The standard InChI is InChI=1S/C14H16OS2/c1-10-5-3-4-6-13(10)16-9-12(15)14-8-7-11(2)17-14/h3-8,12,15H,9H2,1-2H3. The van der Waals surface area contributed by atoms with Crippen LogP contribution in [0.4, 0.5) is 0 Å². The quantitative estimate of drug-likeness (QED) is 0.836. The fourth-order valence-corrected chi connectivity index (χ4v) is 3.56. The average Bonchev–Trinajstić information content (AvgIpc) is 2.74. The summed E-state index contributed by atoms with van der Waals surface area (Å²) in [5.74, 6) is 0.713. The summed E-state index contributed by atoms with van der Waals surface area (Å²) in [6, 6.07) is 12.4. The number of benzene rings is 1. The molecule has 0 aliphatic rings. The van der Waals surface area contributed by atoms with Crippen molar-refractivity contribution in [3.8, 4) is 0 Å². The van der Waals surface area contributed by atoms with Gasteiger partial charge < -0.3 is 5.11 Å². The van der Waals surface area contributed by atoms with Gasteiger partial charge in [0.15, 0.2) is 0 Å². The Kier molecular flexibility index (Phi) is 4.26. The van der Waals surface area contributed by atoms with Gasteiger partial charge >= 0.3 is 0 Å². The minimum absolute atomic E-state index is 0.363. The van der Waals surface area contributed by atoms with Gasteiger partial charge in [-0.05, 0) is 37.6 Å². The highest BCUT2D eigenvalue weighted by Gasteiger charge is 2.10. The summed E-state index contributed by atoms with van der Waals surface area (Å²) in [5.41, 5.74) is 1.27.